The lowest BCUT2D eigenvalue weighted by Crippen LogP contribution is -1.99. The van der Waals surface area contributed by atoms with Gasteiger partial charge in [0.2, 0.25) is 5.82 Å². The molecule has 1 aliphatic rings. The second kappa shape index (κ2) is 3.44. The monoisotopic (exact) mass is 200 g/mol. The maximum absolute atomic E-state index is 13.0. The summed E-state index contributed by atoms with van der Waals surface area (Å²) in [5.41, 5.74) is 0. The minimum absolute atomic E-state index is 0.124. The molecule has 76 valence electrons. The van der Waals surface area contributed by atoms with Gasteiger partial charge in [-0.05, 0) is 12.8 Å². The van der Waals surface area contributed by atoms with Crippen molar-refractivity contribution in [1.82, 2.24) is 0 Å². The Balaban J connectivity index is 2.27. The van der Waals surface area contributed by atoms with Crippen LogP contribution >= 0.6 is 0 Å². The first-order valence-electron chi connectivity index (χ1n) is 4.40. The van der Waals surface area contributed by atoms with Gasteiger partial charge in [0.25, 0.3) is 0 Å². The van der Waals surface area contributed by atoms with E-state index >= 15 is 0 Å². The Morgan fingerprint density at radius 1 is 1.29 bits per heavy atom. The highest BCUT2D eigenvalue weighted by molar-refractivity contribution is 5.35. The second-order valence-electron chi connectivity index (χ2n) is 3.24. The Kier molecular flexibility index (Phi) is 2.27. The minimum atomic E-state index is -0.976. The van der Waals surface area contributed by atoms with E-state index in [2.05, 4.69) is 4.74 Å². The maximum atomic E-state index is 13.0. The Morgan fingerprint density at radius 2 is 2.00 bits per heavy atom. The van der Waals surface area contributed by atoms with E-state index in [1.807, 2.05) is 0 Å². The minimum Gasteiger partial charge on any atom is -0.493 e. The number of methoxy groups -OCH3 is 1. The zero-order valence-corrected chi connectivity index (χ0v) is 7.72. The van der Waals surface area contributed by atoms with Crippen LogP contribution in [0.1, 0.15) is 12.8 Å². The van der Waals surface area contributed by atoms with Gasteiger partial charge in [0.05, 0.1) is 13.2 Å². The van der Waals surface area contributed by atoms with Crippen LogP contribution in [-0.4, -0.2) is 13.2 Å². The Hall–Kier alpha value is -1.32. The van der Waals surface area contributed by atoms with Crippen LogP contribution in [0.25, 0.3) is 0 Å². The van der Waals surface area contributed by atoms with Crippen molar-refractivity contribution in [3.8, 4) is 11.5 Å². The Labute approximate surface area is 80.4 Å². The van der Waals surface area contributed by atoms with Crippen LogP contribution in [0.4, 0.5) is 8.78 Å². The van der Waals surface area contributed by atoms with Crippen molar-refractivity contribution in [2.75, 3.05) is 7.11 Å². The first-order valence-corrected chi connectivity index (χ1v) is 4.40. The molecule has 0 radical (unpaired) electrons. The fraction of sp³-hybridized carbons (Fsp3) is 0.400. The van der Waals surface area contributed by atoms with Gasteiger partial charge < -0.3 is 9.47 Å². The van der Waals surface area contributed by atoms with Crippen LogP contribution in [-0.2, 0) is 0 Å². The van der Waals surface area contributed by atoms with E-state index in [1.54, 1.807) is 0 Å². The molecule has 0 N–H and O–H groups in total. The first-order chi connectivity index (χ1) is 6.70. The molecular weight excluding hydrogens is 190 g/mol. The van der Waals surface area contributed by atoms with Gasteiger partial charge in [-0.25, -0.2) is 4.39 Å². The number of hydrogen-bond acceptors (Lipinski definition) is 2. The number of ether oxygens (including phenoxy) is 2. The summed E-state index contributed by atoms with van der Waals surface area (Å²) >= 11 is 0. The van der Waals surface area contributed by atoms with Crippen LogP contribution < -0.4 is 9.47 Å². The molecule has 1 aromatic rings. The summed E-state index contributed by atoms with van der Waals surface area (Å²) in [6.07, 6.45) is 2.10. The third-order valence-corrected chi connectivity index (χ3v) is 2.02. The van der Waals surface area contributed by atoms with Crippen LogP contribution in [0, 0.1) is 11.6 Å². The number of halogens is 2. The van der Waals surface area contributed by atoms with Gasteiger partial charge in [0, 0.05) is 12.1 Å². The fourth-order valence-electron chi connectivity index (χ4n) is 1.14. The van der Waals surface area contributed by atoms with E-state index < -0.39 is 11.6 Å². The number of hydrogen-bond donors (Lipinski definition) is 0. The van der Waals surface area contributed by atoms with Crippen molar-refractivity contribution in [1.29, 1.82) is 0 Å². The predicted octanol–water partition coefficient (Wildman–Crippen LogP) is 2.51. The summed E-state index contributed by atoms with van der Waals surface area (Å²) < 4.78 is 35.9. The molecule has 0 heterocycles. The molecule has 2 rings (SSSR count). The maximum Gasteiger partial charge on any atom is 0.200 e. The molecule has 4 heteroatoms. The lowest BCUT2D eigenvalue weighted by Gasteiger charge is -2.07. The molecular formula is C10H10F2O2. The van der Waals surface area contributed by atoms with E-state index in [0.29, 0.717) is 5.75 Å². The lowest BCUT2D eigenvalue weighted by atomic mass is 10.3. The van der Waals surface area contributed by atoms with Gasteiger partial charge >= 0.3 is 0 Å². The van der Waals surface area contributed by atoms with Crippen LogP contribution in [0.3, 0.4) is 0 Å². The Bertz CT molecular complexity index is 348. The van der Waals surface area contributed by atoms with E-state index in [1.165, 1.54) is 13.2 Å². The molecule has 1 saturated carbocycles. The molecule has 1 aliphatic carbocycles. The van der Waals surface area contributed by atoms with Gasteiger partial charge in [-0.1, -0.05) is 0 Å². The molecule has 2 nitrogen and oxygen atoms in total. The van der Waals surface area contributed by atoms with Gasteiger partial charge in [0.1, 0.15) is 5.75 Å². The Morgan fingerprint density at radius 3 is 2.57 bits per heavy atom. The molecule has 1 fully saturated rings. The third kappa shape index (κ3) is 1.78. The number of benzene rings is 1. The molecule has 0 aromatic heterocycles. The SMILES string of the molecule is COc1cc(OC2CC2)cc(F)c1F. The summed E-state index contributed by atoms with van der Waals surface area (Å²) in [4.78, 5) is 0. The summed E-state index contributed by atoms with van der Waals surface area (Å²) in [5, 5.41) is 0. The standard InChI is InChI=1S/C10H10F2O2/c1-13-9-5-7(14-6-2-3-6)4-8(11)10(9)12/h4-6H,2-3H2,1H3. The van der Waals surface area contributed by atoms with E-state index in [9.17, 15) is 8.78 Å². The van der Waals surface area contributed by atoms with E-state index in [4.69, 9.17) is 4.74 Å². The van der Waals surface area contributed by atoms with Crippen molar-refractivity contribution < 1.29 is 18.3 Å². The third-order valence-electron chi connectivity index (χ3n) is 2.02. The normalized spacial score (nSPS) is 15.4. The second-order valence-corrected chi connectivity index (χ2v) is 3.24. The zero-order valence-electron chi connectivity index (χ0n) is 7.72. The summed E-state index contributed by atoms with van der Waals surface area (Å²) in [6.45, 7) is 0. The average molecular weight is 200 g/mol. The van der Waals surface area contributed by atoms with E-state index in [0.717, 1.165) is 18.9 Å². The summed E-state index contributed by atoms with van der Waals surface area (Å²) in [5.74, 6) is -1.72. The van der Waals surface area contributed by atoms with Gasteiger partial charge in [-0.3, -0.25) is 0 Å². The fourth-order valence-corrected chi connectivity index (χ4v) is 1.14. The number of rotatable bonds is 3. The average Bonchev–Trinajstić information content (AvgIpc) is 2.95. The van der Waals surface area contributed by atoms with Crippen molar-refractivity contribution in [3.05, 3.63) is 23.8 Å². The highest BCUT2D eigenvalue weighted by atomic mass is 19.2. The van der Waals surface area contributed by atoms with Crippen LogP contribution in [0.5, 0.6) is 11.5 Å². The first kappa shape index (κ1) is 9.24. The molecule has 0 spiro atoms. The smallest absolute Gasteiger partial charge is 0.200 e. The molecule has 0 amide bonds. The van der Waals surface area contributed by atoms with Crippen molar-refractivity contribution in [2.45, 2.75) is 18.9 Å². The quantitative estimate of drug-likeness (QED) is 0.746. The lowest BCUT2D eigenvalue weighted by molar-refractivity contribution is 0.295. The summed E-state index contributed by atoms with van der Waals surface area (Å²) in [7, 11) is 1.29. The molecule has 0 atom stereocenters. The molecule has 0 unspecified atom stereocenters. The zero-order chi connectivity index (χ0) is 10.1. The summed E-state index contributed by atoms with van der Waals surface area (Å²) in [6, 6.07) is 2.40. The van der Waals surface area contributed by atoms with Crippen molar-refractivity contribution in [3.63, 3.8) is 0 Å². The molecule has 0 bridgehead atoms. The van der Waals surface area contributed by atoms with E-state index in [-0.39, 0.29) is 11.9 Å². The molecule has 1 aromatic carbocycles. The topological polar surface area (TPSA) is 18.5 Å². The highest BCUT2D eigenvalue weighted by Gasteiger charge is 2.24. The molecule has 0 saturated heterocycles. The largest absolute Gasteiger partial charge is 0.493 e. The van der Waals surface area contributed by atoms with Crippen LogP contribution in [0.2, 0.25) is 0 Å². The van der Waals surface area contributed by atoms with Crippen molar-refractivity contribution in [2.24, 2.45) is 0 Å². The van der Waals surface area contributed by atoms with Crippen LogP contribution in [0.15, 0.2) is 12.1 Å². The molecule has 0 aliphatic heterocycles. The molecule has 14 heavy (non-hydrogen) atoms. The van der Waals surface area contributed by atoms with Gasteiger partial charge in [-0.15, -0.1) is 0 Å². The van der Waals surface area contributed by atoms with Gasteiger partial charge in [-0.2, -0.15) is 4.39 Å². The highest BCUT2D eigenvalue weighted by Crippen LogP contribution is 2.31. The predicted molar refractivity (Wildman–Crippen MR) is 46.6 cm³/mol. The van der Waals surface area contributed by atoms with Gasteiger partial charge in [0.15, 0.2) is 11.6 Å². The van der Waals surface area contributed by atoms with Crippen molar-refractivity contribution >= 4 is 0 Å².